The fourth-order valence-corrected chi connectivity index (χ4v) is 2.72. The number of anilines is 1. The number of rotatable bonds is 3. The summed E-state index contributed by atoms with van der Waals surface area (Å²) in [6.45, 7) is 1.39. The summed E-state index contributed by atoms with van der Waals surface area (Å²) in [5.41, 5.74) is 0. The van der Waals surface area contributed by atoms with Gasteiger partial charge in [-0.3, -0.25) is 4.72 Å². The molecule has 7 nitrogen and oxygen atoms in total. The highest BCUT2D eigenvalue weighted by Crippen LogP contribution is 2.17. The van der Waals surface area contributed by atoms with E-state index in [0.717, 1.165) is 0 Å². The second-order valence-corrected chi connectivity index (χ2v) is 5.34. The zero-order chi connectivity index (χ0) is 12.3. The minimum absolute atomic E-state index is 0.0179. The molecule has 2 rings (SSSR count). The molecule has 0 radical (unpaired) electrons. The maximum absolute atomic E-state index is 11.9. The third kappa shape index (κ3) is 3.03. The molecule has 1 N–H and O–H groups in total. The number of ether oxygens (including phenoxy) is 1. The summed E-state index contributed by atoms with van der Waals surface area (Å²) >= 11 is 5.73. The lowest BCUT2D eigenvalue weighted by molar-refractivity contribution is 0.0733. The van der Waals surface area contributed by atoms with E-state index < -0.39 is 10.2 Å². The Kier molecular flexibility index (Phi) is 3.77. The summed E-state index contributed by atoms with van der Waals surface area (Å²) in [5.74, 6) is 0.0284. The van der Waals surface area contributed by atoms with Gasteiger partial charge in [-0.05, 0) is 0 Å². The lowest BCUT2D eigenvalue weighted by Gasteiger charge is -2.26. The zero-order valence-electron chi connectivity index (χ0n) is 8.84. The van der Waals surface area contributed by atoms with Gasteiger partial charge in [0.15, 0.2) is 11.0 Å². The molecule has 0 amide bonds. The molecule has 0 aromatic carbocycles. The number of hydrogen-bond donors (Lipinski definition) is 1. The number of nitrogens with one attached hydrogen (secondary N) is 1. The van der Waals surface area contributed by atoms with Crippen molar-refractivity contribution in [3.05, 3.63) is 17.5 Å². The normalized spacial score (nSPS) is 17.9. The molecule has 0 spiro atoms. The molecular formula is C8H11ClN4O3S. The minimum atomic E-state index is -3.64. The van der Waals surface area contributed by atoms with Crippen molar-refractivity contribution in [1.29, 1.82) is 0 Å². The van der Waals surface area contributed by atoms with Gasteiger partial charge in [-0.1, -0.05) is 11.6 Å². The third-order valence-corrected chi connectivity index (χ3v) is 3.96. The summed E-state index contributed by atoms with van der Waals surface area (Å²) in [4.78, 5) is 7.56. The standard InChI is InChI=1S/C8H11ClN4O3S/c9-7-8(11-2-1-10-7)12-17(14,15)13-3-5-16-6-4-13/h1-2H,3-6H2,(H,11,12). The van der Waals surface area contributed by atoms with E-state index in [2.05, 4.69) is 14.7 Å². The Morgan fingerprint density at radius 3 is 2.59 bits per heavy atom. The highest BCUT2D eigenvalue weighted by molar-refractivity contribution is 7.90. The van der Waals surface area contributed by atoms with Crippen LogP contribution >= 0.6 is 11.6 Å². The average Bonchev–Trinajstić information content (AvgIpc) is 2.33. The average molecular weight is 279 g/mol. The summed E-state index contributed by atoms with van der Waals surface area (Å²) in [5, 5.41) is 0.0179. The fourth-order valence-electron chi connectivity index (χ4n) is 1.36. The first-order chi connectivity index (χ1) is 8.09. The van der Waals surface area contributed by atoms with Crippen molar-refractivity contribution >= 4 is 27.6 Å². The van der Waals surface area contributed by atoms with Crippen LogP contribution in [0.25, 0.3) is 0 Å². The van der Waals surface area contributed by atoms with Crippen LogP contribution in [0, 0.1) is 0 Å². The quantitative estimate of drug-likeness (QED) is 0.849. The summed E-state index contributed by atoms with van der Waals surface area (Å²) < 4.78 is 32.5. The first-order valence-electron chi connectivity index (χ1n) is 4.92. The van der Waals surface area contributed by atoms with E-state index in [1.807, 2.05) is 0 Å². The van der Waals surface area contributed by atoms with Crippen LogP contribution < -0.4 is 4.72 Å². The van der Waals surface area contributed by atoms with E-state index in [9.17, 15) is 8.42 Å². The third-order valence-electron chi connectivity index (χ3n) is 2.19. The van der Waals surface area contributed by atoms with Gasteiger partial charge in [0.05, 0.1) is 13.2 Å². The maximum atomic E-state index is 11.9. The Hall–Kier alpha value is -0.960. The Morgan fingerprint density at radius 2 is 1.94 bits per heavy atom. The number of halogens is 1. The Morgan fingerprint density at radius 1 is 1.29 bits per heavy atom. The van der Waals surface area contributed by atoms with Crippen LogP contribution in [0.4, 0.5) is 5.82 Å². The molecule has 0 aliphatic carbocycles. The number of hydrogen-bond acceptors (Lipinski definition) is 5. The number of aromatic nitrogens is 2. The molecule has 1 aromatic heterocycles. The molecule has 2 heterocycles. The van der Waals surface area contributed by atoms with E-state index in [4.69, 9.17) is 16.3 Å². The van der Waals surface area contributed by atoms with Crippen molar-refractivity contribution in [2.75, 3.05) is 31.0 Å². The minimum Gasteiger partial charge on any atom is -0.379 e. The fraction of sp³-hybridized carbons (Fsp3) is 0.500. The second-order valence-electron chi connectivity index (χ2n) is 3.31. The predicted molar refractivity (Wildman–Crippen MR) is 62.0 cm³/mol. The van der Waals surface area contributed by atoms with Gasteiger partial charge < -0.3 is 4.74 Å². The van der Waals surface area contributed by atoms with Crippen molar-refractivity contribution in [3.63, 3.8) is 0 Å². The molecule has 17 heavy (non-hydrogen) atoms. The SMILES string of the molecule is O=S(=O)(Nc1nccnc1Cl)N1CCOCC1. The Bertz CT molecular complexity index is 489. The van der Waals surface area contributed by atoms with Crippen LogP contribution in [0.5, 0.6) is 0 Å². The van der Waals surface area contributed by atoms with Crippen LogP contribution in [0.15, 0.2) is 12.4 Å². The molecule has 94 valence electrons. The van der Waals surface area contributed by atoms with Crippen molar-refractivity contribution in [2.45, 2.75) is 0 Å². The molecule has 1 aliphatic rings. The van der Waals surface area contributed by atoms with Gasteiger partial charge in [-0.15, -0.1) is 0 Å². The van der Waals surface area contributed by atoms with Gasteiger partial charge >= 0.3 is 10.2 Å². The van der Waals surface area contributed by atoms with Gasteiger partial charge in [0.25, 0.3) is 0 Å². The van der Waals surface area contributed by atoms with Gasteiger partial charge in [-0.2, -0.15) is 12.7 Å². The monoisotopic (exact) mass is 278 g/mol. The van der Waals surface area contributed by atoms with Crippen LogP contribution in [0.2, 0.25) is 5.15 Å². The van der Waals surface area contributed by atoms with Crippen molar-refractivity contribution in [3.8, 4) is 0 Å². The Balaban J connectivity index is 2.14. The van der Waals surface area contributed by atoms with Gasteiger partial charge in [-0.25, -0.2) is 9.97 Å². The summed E-state index contributed by atoms with van der Waals surface area (Å²) in [6.07, 6.45) is 2.75. The molecule has 1 fully saturated rings. The van der Waals surface area contributed by atoms with E-state index in [1.165, 1.54) is 16.7 Å². The van der Waals surface area contributed by atoms with Crippen LogP contribution in [0.3, 0.4) is 0 Å². The largest absolute Gasteiger partial charge is 0.379 e. The van der Waals surface area contributed by atoms with E-state index in [1.54, 1.807) is 0 Å². The van der Waals surface area contributed by atoms with Gasteiger partial charge in [0, 0.05) is 25.5 Å². The van der Waals surface area contributed by atoms with E-state index >= 15 is 0 Å². The molecule has 0 bridgehead atoms. The van der Waals surface area contributed by atoms with Crippen LogP contribution in [-0.2, 0) is 14.9 Å². The highest BCUT2D eigenvalue weighted by Gasteiger charge is 2.25. The van der Waals surface area contributed by atoms with Crippen LogP contribution in [0.1, 0.15) is 0 Å². The second kappa shape index (κ2) is 5.13. The molecule has 1 aliphatic heterocycles. The predicted octanol–water partition coefficient (Wildman–Crippen LogP) is 0.119. The van der Waals surface area contributed by atoms with Gasteiger partial charge in [0.1, 0.15) is 0 Å². The molecular weight excluding hydrogens is 268 g/mol. The summed E-state index contributed by atoms with van der Waals surface area (Å²) in [7, 11) is -3.64. The molecule has 9 heteroatoms. The lowest BCUT2D eigenvalue weighted by atomic mass is 10.5. The molecule has 0 saturated carbocycles. The van der Waals surface area contributed by atoms with Crippen molar-refractivity contribution in [1.82, 2.24) is 14.3 Å². The first-order valence-corrected chi connectivity index (χ1v) is 6.73. The van der Waals surface area contributed by atoms with Gasteiger partial charge in [0.2, 0.25) is 0 Å². The topological polar surface area (TPSA) is 84.4 Å². The maximum Gasteiger partial charge on any atom is 0.303 e. The highest BCUT2D eigenvalue weighted by atomic mass is 35.5. The summed E-state index contributed by atoms with van der Waals surface area (Å²) in [6, 6.07) is 0. The van der Waals surface area contributed by atoms with E-state index in [-0.39, 0.29) is 11.0 Å². The molecule has 0 atom stereocenters. The molecule has 1 aromatic rings. The zero-order valence-corrected chi connectivity index (χ0v) is 10.4. The lowest BCUT2D eigenvalue weighted by Crippen LogP contribution is -2.43. The number of morpholine rings is 1. The van der Waals surface area contributed by atoms with Crippen molar-refractivity contribution in [2.24, 2.45) is 0 Å². The number of nitrogens with zero attached hydrogens (tertiary/aromatic N) is 3. The van der Waals surface area contributed by atoms with Crippen LogP contribution in [-0.4, -0.2) is 49.0 Å². The molecule has 0 unspecified atom stereocenters. The first kappa shape index (κ1) is 12.5. The van der Waals surface area contributed by atoms with E-state index in [0.29, 0.717) is 26.3 Å². The smallest absolute Gasteiger partial charge is 0.303 e. The van der Waals surface area contributed by atoms with Crippen molar-refractivity contribution < 1.29 is 13.2 Å². The Labute approximate surface area is 104 Å². The molecule has 1 saturated heterocycles.